The van der Waals surface area contributed by atoms with Crippen LogP contribution in [0.1, 0.15) is 36.8 Å². The zero-order valence-corrected chi connectivity index (χ0v) is 19.2. The highest BCUT2D eigenvalue weighted by Gasteiger charge is 2.18. The molecule has 1 fully saturated rings. The molecule has 2 aromatic carbocycles. The molecule has 156 valence electrons. The van der Waals surface area contributed by atoms with Crippen molar-refractivity contribution in [3.63, 3.8) is 0 Å². The minimum absolute atomic E-state index is 0.0141. The summed E-state index contributed by atoms with van der Waals surface area (Å²) in [5.41, 5.74) is 2.88. The molecular weight excluding hydrogens is 489 g/mol. The number of carbonyl (C=O) groups is 1. The van der Waals surface area contributed by atoms with Crippen LogP contribution in [0.15, 0.2) is 59.5 Å². The summed E-state index contributed by atoms with van der Waals surface area (Å²) in [6.07, 6.45) is 4.09. The van der Waals surface area contributed by atoms with E-state index in [0.29, 0.717) is 23.7 Å². The second-order valence-corrected chi connectivity index (χ2v) is 8.68. The third-order valence-corrected chi connectivity index (χ3v) is 6.76. The van der Waals surface area contributed by atoms with Crippen molar-refractivity contribution in [2.75, 3.05) is 11.9 Å². The van der Waals surface area contributed by atoms with Gasteiger partial charge in [-0.05, 0) is 55.6 Å². The molecule has 5 nitrogen and oxygen atoms in total. The summed E-state index contributed by atoms with van der Waals surface area (Å²) in [7, 11) is 0. The predicted octanol–water partition coefficient (Wildman–Crippen LogP) is 4.43. The van der Waals surface area contributed by atoms with E-state index in [1.54, 1.807) is 4.57 Å². The van der Waals surface area contributed by atoms with Gasteiger partial charge in [0.1, 0.15) is 0 Å². The number of amides is 1. The van der Waals surface area contributed by atoms with Gasteiger partial charge in [-0.3, -0.25) is 9.59 Å². The van der Waals surface area contributed by atoms with Gasteiger partial charge in [0.05, 0.1) is 5.92 Å². The molecule has 2 atom stereocenters. The molecular formula is C24H26IN3O2. The van der Waals surface area contributed by atoms with Gasteiger partial charge >= 0.3 is 0 Å². The highest BCUT2D eigenvalue weighted by molar-refractivity contribution is 14.1. The number of hydrogen-bond acceptors (Lipinski definition) is 3. The van der Waals surface area contributed by atoms with E-state index in [1.165, 1.54) is 5.56 Å². The van der Waals surface area contributed by atoms with Gasteiger partial charge in [-0.1, -0.05) is 52.9 Å². The molecule has 3 aromatic rings. The minimum Gasteiger partial charge on any atom is -0.325 e. The van der Waals surface area contributed by atoms with Gasteiger partial charge in [-0.2, -0.15) is 0 Å². The Balaban J connectivity index is 1.56. The molecule has 0 bridgehead atoms. The predicted molar refractivity (Wildman–Crippen MR) is 130 cm³/mol. The average molecular weight is 515 g/mol. The van der Waals surface area contributed by atoms with E-state index in [1.807, 2.05) is 49.5 Å². The third kappa shape index (κ3) is 4.44. The summed E-state index contributed by atoms with van der Waals surface area (Å²) in [5.74, 6) is -0.360. The minimum atomic E-state index is -0.280. The number of alkyl halides is 1. The Morgan fingerprint density at radius 2 is 2.00 bits per heavy atom. The van der Waals surface area contributed by atoms with Crippen LogP contribution < -0.4 is 16.2 Å². The Morgan fingerprint density at radius 3 is 2.70 bits per heavy atom. The highest BCUT2D eigenvalue weighted by Crippen LogP contribution is 2.24. The summed E-state index contributed by atoms with van der Waals surface area (Å²) in [6, 6.07) is 15.9. The van der Waals surface area contributed by atoms with E-state index < -0.39 is 0 Å². The number of nitrogens with zero attached hydrogens (tertiary/aromatic N) is 1. The molecule has 1 aliphatic rings. The van der Waals surface area contributed by atoms with Crippen molar-refractivity contribution >= 4 is 45.0 Å². The van der Waals surface area contributed by atoms with Crippen molar-refractivity contribution in [3.05, 3.63) is 76.2 Å². The summed E-state index contributed by atoms with van der Waals surface area (Å²) < 4.78 is 2.72. The van der Waals surface area contributed by atoms with Crippen LogP contribution >= 0.6 is 22.6 Å². The van der Waals surface area contributed by atoms with Crippen molar-refractivity contribution in [2.45, 2.75) is 42.7 Å². The van der Waals surface area contributed by atoms with Crippen LogP contribution in [0.4, 0.5) is 5.69 Å². The van der Waals surface area contributed by atoms with Gasteiger partial charge in [0.2, 0.25) is 5.91 Å². The number of benzene rings is 2. The number of halogens is 1. The second kappa shape index (κ2) is 9.31. The van der Waals surface area contributed by atoms with Crippen molar-refractivity contribution in [2.24, 2.45) is 0 Å². The molecule has 2 heterocycles. The maximum atomic E-state index is 13.0. The molecule has 0 aliphatic carbocycles. The monoisotopic (exact) mass is 515 g/mol. The third-order valence-electron chi connectivity index (χ3n) is 5.88. The lowest BCUT2D eigenvalue weighted by atomic mass is 9.99. The van der Waals surface area contributed by atoms with Crippen LogP contribution in [0.3, 0.4) is 0 Å². The smallest absolute Gasteiger partial charge is 0.258 e. The molecule has 1 aromatic heterocycles. The van der Waals surface area contributed by atoms with E-state index in [2.05, 4.69) is 45.4 Å². The quantitative estimate of drug-likeness (QED) is 0.377. The fraction of sp³-hybridized carbons (Fsp3) is 0.333. The van der Waals surface area contributed by atoms with Gasteiger partial charge in [0.15, 0.2) is 0 Å². The maximum absolute atomic E-state index is 13.0. The Hall–Kier alpha value is -2.19. The van der Waals surface area contributed by atoms with Crippen molar-refractivity contribution in [1.82, 2.24) is 9.88 Å². The summed E-state index contributed by atoms with van der Waals surface area (Å²) in [5, 5.41) is 7.88. The second-order valence-electron chi connectivity index (χ2n) is 7.92. The molecule has 0 spiro atoms. The highest BCUT2D eigenvalue weighted by atomic mass is 127. The zero-order valence-electron chi connectivity index (χ0n) is 17.0. The van der Waals surface area contributed by atoms with Crippen molar-refractivity contribution < 1.29 is 4.79 Å². The summed E-state index contributed by atoms with van der Waals surface area (Å²) in [4.78, 5) is 25.9. The van der Waals surface area contributed by atoms with Crippen LogP contribution in [0.5, 0.6) is 0 Å². The Kier molecular flexibility index (Phi) is 6.53. The number of fused-ring (bicyclic) bond motifs is 1. The van der Waals surface area contributed by atoms with E-state index in [9.17, 15) is 9.59 Å². The Morgan fingerprint density at radius 1 is 1.20 bits per heavy atom. The Bertz CT molecular complexity index is 1100. The molecule has 30 heavy (non-hydrogen) atoms. The van der Waals surface area contributed by atoms with Crippen LogP contribution in [0, 0.1) is 0 Å². The zero-order chi connectivity index (χ0) is 21.1. The van der Waals surface area contributed by atoms with Gasteiger partial charge in [0.25, 0.3) is 5.56 Å². The number of rotatable bonds is 6. The van der Waals surface area contributed by atoms with Crippen LogP contribution in [0.25, 0.3) is 10.8 Å². The van der Waals surface area contributed by atoms with Crippen molar-refractivity contribution in [3.8, 4) is 0 Å². The molecule has 1 amide bonds. The van der Waals surface area contributed by atoms with E-state index in [-0.39, 0.29) is 17.4 Å². The standard InChI is InChI=1S/C24H26IN3O2/c1-16(18-9-7-17(14-25)8-10-18)23(29)27-22-6-2-5-21-20(22)11-13-28(24(21)30)15-19-4-3-12-26-19/h2,5-11,13,16,19,26H,3-4,12,14-15H2,1H3,(H,27,29)/t16?,19-/m0/s1. The molecule has 0 saturated carbocycles. The van der Waals surface area contributed by atoms with Crippen LogP contribution in [0.2, 0.25) is 0 Å². The van der Waals surface area contributed by atoms with E-state index >= 15 is 0 Å². The number of carbonyl (C=O) groups excluding carboxylic acids is 1. The maximum Gasteiger partial charge on any atom is 0.258 e. The van der Waals surface area contributed by atoms with Gasteiger partial charge in [-0.15, -0.1) is 0 Å². The number of pyridine rings is 1. The number of aromatic nitrogens is 1. The Labute approximate surface area is 190 Å². The average Bonchev–Trinajstić information content (AvgIpc) is 3.29. The molecule has 1 unspecified atom stereocenters. The van der Waals surface area contributed by atoms with Gasteiger partial charge in [0, 0.05) is 39.7 Å². The number of anilines is 1. The molecule has 0 radical (unpaired) electrons. The van der Waals surface area contributed by atoms with Gasteiger partial charge < -0.3 is 15.2 Å². The first-order valence-electron chi connectivity index (χ1n) is 10.4. The number of hydrogen-bond donors (Lipinski definition) is 2. The summed E-state index contributed by atoms with van der Waals surface area (Å²) >= 11 is 2.33. The lowest BCUT2D eigenvalue weighted by Crippen LogP contribution is -2.32. The van der Waals surface area contributed by atoms with E-state index in [4.69, 9.17) is 0 Å². The summed E-state index contributed by atoms with van der Waals surface area (Å²) in [6.45, 7) is 3.60. The molecule has 2 N–H and O–H groups in total. The first-order chi connectivity index (χ1) is 14.6. The topological polar surface area (TPSA) is 63.1 Å². The first kappa shape index (κ1) is 21.1. The lowest BCUT2D eigenvalue weighted by molar-refractivity contribution is -0.117. The van der Waals surface area contributed by atoms with Crippen LogP contribution in [-0.4, -0.2) is 23.1 Å². The fourth-order valence-electron chi connectivity index (χ4n) is 4.01. The lowest BCUT2D eigenvalue weighted by Gasteiger charge is -2.16. The molecule has 1 aliphatic heterocycles. The van der Waals surface area contributed by atoms with Crippen LogP contribution in [-0.2, 0) is 15.8 Å². The van der Waals surface area contributed by atoms with Gasteiger partial charge in [-0.25, -0.2) is 0 Å². The molecule has 4 rings (SSSR count). The normalized spacial score (nSPS) is 17.2. The fourth-order valence-corrected chi connectivity index (χ4v) is 4.52. The molecule has 1 saturated heterocycles. The largest absolute Gasteiger partial charge is 0.325 e. The molecule has 6 heteroatoms. The first-order valence-corrected chi connectivity index (χ1v) is 11.9. The van der Waals surface area contributed by atoms with Crippen molar-refractivity contribution in [1.29, 1.82) is 0 Å². The number of nitrogens with one attached hydrogen (secondary N) is 2. The van der Waals surface area contributed by atoms with E-state index in [0.717, 1.165) is 34.8 Å². The SMILES string of the molecule is CC(C(=O)Nc1cccc2c(=O)n(C[C@@H]3CCCN3)ccc12)c1ccc(CI)cc1.